The van der Waals surface area contributed by atoms with E-state index >= 15 is 0 Å². The van der Waals surface area contributed by atoms with Gasteiger partial charge in [0.25, 0.3) is 14.4 Å². The third-order valence-corrected chi connectivity index (χ3v) is 12.5. The molecule has 0 radical (unpaired) electrons. The number of unbranched alkanes of at least 4 members (excludes halogenated alkanes) is 3. The molecular weight excluding hydrogens is 839 g/mol. The smallest absolute Gasteiger partial charge is 0.440 e. The predicted molar refractivity (Wildman–Crippen MR) is 210 cm³/mol. The minimum absolute atomic E-state index is 0.0607. The molecule has 60 heavy (non-hydrogen) atoms. The standard InChI is InChI=1S/C40H42F6N5O7PS/c1-23(2)51(24(3)4)59(57-19-9-16-47)56-18-8-6-5-7-17-48-34(52)25-10-13-28-31(20-25)38(58-35(28)53)29-14-11-26(49-36(54)39(41,42)43)21-32(29)60-33-22-27(12-15-30(33)38)50-37(55)40(44,45)46/h10-15,20-24H,5-9,17-19H2,1-4H3,(H,48,52)(H,49,54)(H,50,55). The number of carbonyl (C=O) groups is 4. The summed E-state index contributed by atoms with van der Waals surface area (Å²) in [7, 11) is -1.35. The fourth-order valence-corrected chi connectivity index (χ4v) is 9.64. The first kappa shape index (κ1) is 46.3. The molecule has 2 heterocycles. The Kier molecular flexibility index (Phi) is 14.9. The van der Waals surface area contributed by atoms with Crippen LogP contribution in [0.4, 0.5) is 37.7 Å². The summed E-state index contributed by atoms with van der Waals surface area (Å²) in [6.07, 6.45) is -7.20. The summed E-state index contributed by atoms with van der Waals surface area (Å²) >= 11 is 0.894. The van der Waals surface area contributed by atoms with Crippen molar-refractivity contribution >= 4 is 55.4 Å². The number of fused-ring (bicyclic) bond motifs is 6. The van der Waals surface area contributed by atoms with E-state index < -0.39 is 50.2 Å². The number of ether oxygens (including phenoxy) is 1. The van der Waals surface area contributed by atoms with Gasteiger partial charge in [0, 0.05) is 62.0 Å². The van der Waals surface area contributed by atoms with Crippen LogP contribution < -0.4 is 16.0 Å². The number of nitriles is 1. The fourth-order valence-electron chi connectivity index (χ4n) is 6.76. The molecule has 1 atom stereocenters. The fraction of sp³-hybridized carbons (Fsp3) is 0.425. The van der Waals surface area contributed by atoms with Crippen LogP contribution in [-0.4, -0.2) is 72.6 Å². The first-order chi connectivity index (χ1) is 28.3. The number of amides is 3. The summed E-state index contributed by atoms with van der Waals surface area (Å²) in [5.74, 6) is -5.78. The number of hydrogen-bond acceptors (Lipinski definition) is 10. The molecule has 0 saturated heterocycles. The van der Waals surface area contributed by atoms with Gasteiger partial charge in [0.15, 0.2) is 5.60 Å². The van der Waals surface area contributed by atoms with Gasteiger partial charge in [-0.25, -0.2) is 9.46 Å². The second-order valence-electron chi connectivity index (χ2n) is 14.3. The van der Waals surface area contributed by atoms with Gasteiger partial charge in [0.2, 0.25) is 0 Å². The van der Waals surface area contributed by atoms with Crippen molar-refractivity contribution in [2.24, 2.45) is 0 Å². The molecular formula is C40H42F6N5O7PS. The molecule has 1 unspecified atom stereocenters. The van der Waals surface area contributed by atoms with Gasteiger partial charge in [-0.15, -0.1) is 0 Å². The molecule has 3 aromatic rings. The normalized spacial score (nSPS) is 14.6. The van der Waals surface area contributed by atoms with Crippen molar-refractivity contribution in [2.45, 2.75) is 99.6 Å². The van der Waals surface area contributed by atoms with E-state index in [1.54, 1.807) is 10.6 Å². The number of nitrogens with one attached hydrogen (secondary N) is 3. The number of hydrogen-bond donors (Lipinski definition) is 3. The quantitative estimate of drug-likeness (QED) is 0.0517. The maximum absolute atomic E-state index is 13.5. The molecule has 2 aliphatic rings. The minimum atomic E-state index is -5.21. The lowest BCUT2D eigenvalue weighted by Gasteiger charge is -2.37. The van der Waals surface area contributed by atoms with Gasteiger partial charge < -0.3 is 29.7 Å². The van der Waals surface area contributed by atoms with Crippen molar-refractivity contribution in [2.75, 3.05) is 30.4 Å². The van der Waals surface area contributed by atoms with E-state index in [-0.39, 0.29) is 74.1 Å². The van der Waals surface area contributed by atoms with E-state index in [9.17, 15) is 45.5 Å². The second-order valence-corrected chi connectivity index (χ2v) is 16.8. The molecule has 0 fully saturated rings. The maximum atomic E-state index is 13.5. The molecule has 5 rings (SSSR count). The Morgan fingerprint density at radius 1 is 0.800 bits per heavy atom. The van der Waals surface area contributed by atoms with Gasteiger partial charge in [0.1, 0.15) is 0 Å². The molecule has 0 bridgehead atoms. The van der Waals surface area contributed by atoms with Crippen molar-refractivity contribution in [1.29, 1.82) is 5.26 Å². The monoisotopic (exact) mass is 881 g/mol. The van der Waals surface area contributed by atoms with Crippen molar-refractivity contribution in [1.82, 2.24) is 9.99 Å². The number of halogens is 6. The lowest BCUT2D eigenvalue weighted by Crippen LogP contribution is -2.34. The van der Waals surface area contributed by atoms with Crippen LogP contribution in [0.2, 0.25) is 0 Å². The highest BCUT2D eigenvalue weighted by molar-refractivity contribution is 7.99. The van der Waals surface area contributed by atoms with Gasteiger partial charge in [-0.3, -0.25) is 14.4 Å². The van der Waals surface area contributed by atoms with Gasteiger partial charge in [-0.1, -0.05) is 36.7 Å². The molecule has 0 aliphatic carbocycles. The van der Waals surface area contributed by atoms with Gasteiger partial charge >= 0.3 is 30.1 Å². The Morgan fingerprint density at radius 2 is 1.35 bits per heavy atom. The zero-order valence-electron chi connectivity index (χ0n) is 32.9. The molecule has 2 aliphatic heterocycles. The van der Waals surface area contributed by atoms with Crippen LogP contribution in [0.1, 0.15) is 97.2 Å². The highest BCUT2D eigenvalue weighted by Crippen LogP contribution is 2.57. The van der Waals surface area contributed by atoms with Crippen molar-refractivity contribution < 1.29 is 59.3 Å². The highest BCUT2D eigenvalue weighted by atomic mass is 32.2. The summed E-state index contributed by atoms with van der Waals surface area (Å²) < 4.78 is 98.9. The number of nitrogens with zero attached hydrogens (tertiary/aromatic N) is 2. The summed E-state index contributed by atoms with van der Waals surface area (Å²) in [4.78, 5) is 50.8. The highest BCUT2D eigenvalue weighted by Gasteiger charge is 2.53. The van der Waals surface area contributed by atoms with Crippen molar-refractivity contribution in [3.8, 4) is 6.07 Å². The number of benzene rings is 3. The van der Waals surface area contributed by atoms with Crippen LogP contribution in [0.5, 0.6) is 0 Å². The van der Waals surface area contributed by atoms with E-state index in [1.807, 2.05) is 0 Å². The number of anilines is 2. The van der Waals surface area contributed by atoms with Crippen LogP contribution in [0, 0.1) is 11.3 Å². The Bertz CT molecular complexity index is 2060. The minimum Gasteiger partial charge on any atom is -0.440 e. The summed E-state index contributed by atoms with van der Waals surface area (Å²) in [6.45, 7) is 9.27. The molecule has 12 nitrogen and oxygen atoms in total. The number of carbonyl (C=O) groups excluding carboxylic acids is 4. The molecule has 3 aromatic carbocycles. The van der Waals surface area contributed by atoms with Gasteiger partial charge in [0.05, 0.1) is 31.3 Å². The van der Waals surface area contributed by atoms with Crippen LogP contribution in [0.15, 0.2) is 64.4 Å². The summed E-state index contributed by atoms with van der Waals surface area (Å²) in [6, 6.07) is 14.2. The lowest BCUT2D eigenvalue weighted by atomic mass is 9.78. The largest absolute Gasteiger partial charge is 0.471 e. The zero-order chi connectivity index (χ0) is 44.0. The van der Waals surface area contributed by atoms with Crippen LogP contribution in [0.25, 0.3) is 0 Å². The van der Waals surface area contributed by atoms with Gasteiger partial charge in [-0.2, -0.15) is 31.6 Å². The molecule has 3 N–H and O–H groups in total. The average molecular weight is 882 g/mol. The Morgan fingerprint density at radius 3 is 1.88 bits per heavy atom. The predicted octanol–water partition coefficient (Wildman–Crippen LogP) is 9.20. The Hall–Kier alpha value is -4.73. The SMILES string of the molecule is CC(C)N(C(C)C)P(OCCC#N)OCCCCCCNC(=O)c1ccc2c(c1)C1(OC2=O)c2ccc(NC(=O)C(F)(F)F)cc2Sc2cc(NC(=O)C(F)(F)F)ccc21. The molecule has 20 heteroatoms. The number of rotatable bonds is 17. The molecule has 3 amide bonds. The van der Waals surface area contributed by atoms with E-state index in [4.69, 9.17) is 19.0 Å². The second kappa shape index (κ2) is 19.3. The first-order valence-electron chi connectivity index (χ1n) is 18.9. The topological polar surface area (TPSA) is 159 Å². The Labute approximate surface area is 347 Å². The summed E-state index contributed by atoms with van der Waals surface area (Å²) in [5.41, 5.74) is -1.50. The zero-order valence-corrected chi connectivity index (χ0v) is 34.6. The van der Waals surface area contributed by atoms with Crippen LogP contribution >= 0.6 is 20.3 Å². The first-order valence-corrected chi connectivity index (χ1v) is 20.8. The van der Waals surface area contributed by atoms with Gasteiger partial charge in [-0.05, 0) is 83.0 Å². The van der Waals surface area contributed by atoms with E-state index in [2.05, 4.69) is 43.8 Å². The third kappa shape index (κ3) is 10.6. The molecule has 0 aromatic heterocycles. The van der Waals surface area contributed by atoms with Crippen LogP contribution in [-0.2, 0) is 29.0 Å². The molecule has 0 saturated carbocycles. The summed E-state index contributed by atoms with van der Waals surface area (Å²) in [5, 5.41) is 15.3. The molecule has 1 spiro atoms. The van der Waals surface area contributed by atoms with E-state index in [0.29, 0.717) is 19.6 Å². The Balaban J connectivity index is 1.32. The maximum Gasteiger partial charge on any atom is 0.471 e. The number of alkyl halides is 6. The van der Waals surface area contributed by atoms with Crippen molar-refractivity contribution in [3.05, 3.63) is 82.4 Å². The average Bonchev–Trinajstić information content (AvgIpc) is 3.45. The van der Waals surface area contributed by atoms with E-state index in [1.165, 1.54) is 54.6 Å². The lowest BCUT2D eigenvalue weighted by molar-refractivity contribution is -0.167. The molecule has 322 valence electrons. The third-order valence-electron chi connectivity index (χ3n) is 9.32. The van der Waals surface area contributed by atoms with Crippen LogP contribution in [0.3, 0.4) is 0 Å². The van der Waals surface area contributed by atoms with E-state index in [0.717, 1.165) is 31.0 Å². The number of esters is 1. The van der Waals surface area contributed by atoms with Crippen molar-refractivity contribution in [3.63, 3.8) is 0 Å².